The molecule has 0 saturated carbocycles. The van der Waals surface area contributed by atoms with Crippen molar-refractivity contribution in [1.29, 1.82) is 0 Å². The molecule has 0 spiro atoms. The molecule has 1 saturated heterocycles. The Morgan fingerprint density at radius 2 is 1.87 bits per heavy atom. The van der Waals surface area contributed by atoms with E-state index >= 15 is 0 Å². The standard InChI is InChI=1S/C13H20N2/c1-2-11-3-5-12(6-4-11)7-14-8-13-9-15-10-13/h3-6,13-15H,2,7-10H2,1H3. The zero-order valence-electron chi connectivity index (χ0n) is 9.42. The topological polar surface area (TPSA) is 24.1 Å². The van der Waals surface area contributed by atoms with Gasteiger partial charge >= 0.3 is 0 Å². The first kappa shape index (κ1) is 10.7. The first-order valence-electron chi connectivity index (χ1n) is 5.87. The van der Waals surface area contributed by atoms with Gasteiger partial charge in [-0.1, -0.05) is 31.2 Å². The van der Waals surface area contributed by atoms with Gasteiger partial charge in [0.15, 0.2) is 0 Å². The van der Waals surface area contributed by atoms with Crippen LogP contribution in [0.1, 0.15) is 18.1 Å². The molecule has 0 bridgehead atoms. The van der Waals surface area contributed by atoms with Gasteiger partial charge in [-0.05, 0) is 23.5 Å². The van der Waals surface area contributed by atoms with Crippen LogP contribution in [0.5, 0.6) is 0 Å². The summed E-state index contributed by atoms with van der Waals surface area (Å²) in [6.45, 7) is 6.70. The zero-order valence-corrected chi connectivity index (χ0v) is 9.42. The van der Waals surface area contributed by atoms with Crippen molar-refractivity contribution in [2.45, 2.75) is 19.9 Å². The second-order valence-electron chi connectivity index (χ2n) is 4.33. The maximum absolute atomic E-state index is 3.50. The molecule has 2 rings (SSSR count). The summed E-state index contributed by atoms with van der Waals surface area (Å²) in [6.07, 6.45) is 1.13. The Morgan fingerprint density at radius 1 is 1.20 bits per heavy atom. The van der Waals surface area contributed by atoms with E-state index in [4.69, 9.17) is 0 Å². The number of rotatable bonds is 5. The summed E-state index contributed by atoms with van der Waals surface area (Å²) < 4.78 is 0. The fourth-order valence-electron chi connectivity index (χ4n) is 1.81. The zero-order chi connectivity index (χ0) is 10.5. The molecule has 15 heavy (non-hydrogen) atoms. The second kappa shape index (κ2) is 5.29. The molecule has 2 nitrogen and oxygen atoms in total. The molecule has 0 atom stereocenters. The van der Waals surface area contributed by atoms with Crippen molar-refractivity contribution in [3.8, 4) is 0 Å². The Kier molecular flexibility index (Phi) is 3.75. The third-order valence-corrected chi connectivity index (χ3v) is 3.06. The number of hydrogen-bond donors (Lipinski definition) is 2. The van der Waals surface area contributed by atoms with Gasteiger partial charge in [0.05, 0.1) is 0 Å². The van der Waals surface area contributed by atoms with Gasteiger partial charge in [0.1, 0.15) is 0 Å². The minimum absolute atomic E-state index is 0.847. The van der Waals surface area contributed by atoms with Crippen LogP contribution in [-0.2, 0) is 13.0 Å². The van der Waals surface area contributed by atoms with Gasteiger partial charge in [-0.2, -0.15) is 0 Å². The molecule has 1 fully saturated rings. The highest BCUT2D eigenvalue weighted by Gasteiger charge is 2.15. The van der Waals surface area contributed by atoms with Crippen LogP contribution in [0.3, 0.4) is 0 Å². The first-order chi connectivity index (χ1) is 7.38. The van der Waals surface area contributed by atoms with E-state index in [1.807, 2.05) is 0 Å². The van der Waals surface area contributed by atoms with Crippen LogP contribution in [0.25, 0.3) is 0 Å². The van der Waals surface area contributed by atoms with Gasteiger partial charge < -0.3 is 10.6 Å². The van der Waals surface area contributed by atoms with Gasteiger partial charge in [-0.3, -0.25) is 0 Å². The van der Waals surface area contributed by atoms with Crippen molar-refractivity contribution in [2.75, 3.05) is 19.6 Å². The van der Waals surface area contributed by atoms with Crippen molar-refractivity contribution >= 4 is 0 Å². The highest BCUT2D eigenvalue weighted by atomic mass is 15.0. The van der Waals surface area contributed by atoms with Gasteiger partial charge in [0.25, 0.3) is 0 Å². The molecule has 1 aromatic carbocycles. The summed E-state index contributed by atoms with van der Waals surface area (Å²) >= 11 is 0. The Bertz CT molecular complexity index is 288. The van der Waals surface area contributed by atoms with Crippen LogP contribution in [0, 0.1) is 5.92 Å². The smallest absolute Gasteiger partial charge is 0.0205 e. The lowest BCUT2D eigenvalue weighted by Crippen LogP contribution is -2.47. The van der Waals surface area contributed by atoms with Gasteiger partial charge in [-0.15, -0.1) is 0 Å². The average Bonchev–Trinajstić information content (AvgIpc) is 2.23. The molecular formula is C13H20N2. The molecular weight excluding hydrogens is 184 g/mol. The molecule has 2 N–H and O–H groups in total. The van der Waals surface area contributed by atoms with E-state index in [9.17, 15) is 0 Å². The lowest BCUT2D eigenvalue weighted by Gasteiger charge is -2.27. The van der Waals surface area contributed by atoms with Crippen molar-refractivity contribution < 1.29 is 0 Å². The Labute approximate surface area is 92.1 Å². The predicted octanol–water partition coefficient (Wildman–Crippen LogP) is 1.56. The number of aryl methyl sites for hydroxylation is 1. The number of benzene rings is 1. The van der Waals surface area contributed by atoms with Crippen LogP contribution in [0.4, 0.5) is 0 Å². The highest BCUT2D eigenvalue weighted by molar-refractivity contribution is 5.22. The third-order valence-electron chi connectivity index (χ3n) is 3.06. The van der Waals surface area contributed by atoms with Crippen LogP contribution in [0.15, 0.2) is 24.3 Å². The van der Waals surface area contributed by atoms with E-state index in [0.717, 1.165) is 25.4 Å². The molecule has 1 heterocycles. The lowest BCUT2D eigenvalue weighted by molar-refractivity contribution is 0.331. The largest absolute Gasteiger partial charge is 0.316 e. The fraction of sp³-hybridized carbons (Fsp3) is 0.538. The second-order valence-corrected chi connectivity index (χ2v) is 4.33. The molecule has 0 radical (unpaired) electrons. The fourth-order valence-corrected chi connectivity index (χ4v) is 1.81. The molecule has 0 unspecified atom stereocenters. The quantitative estimate of drug-likeness (QED) is 0.760. The third kappa shape index (κ3) is 3.05. The molecule has 1 aliphatic rings. The monoisotopic (exact) mass is 204 g/mol. The summed E-state index contributed by atoms with van der Waals surface area (Å²) in [5.74, 6) is 0.847. The molecule has 1 aromatic rings. The van der Waals surface area contributed by atoms with E-state index in [1.165, 1.54) is 24.2 Å². The van der Waals surface area contributed by atoms with E-state index < -0.39 is 0 Å². The SMILES string of the molecule is CCc1ccc(CNCC2CNC2)cc1. The summed E-state index contributed by atoms with van der Waals surface area (Å²) in [7, 11) is 0. The minimum Gasteiger partial charge on any atom is -0.316 e. The van der Waals surface area contributed by atoms with Crippen molar-refractivity contribution in [3.63, 3.8) is 0 Å². The molecule has 2 heteroatoms. The van der Waals surface area contributed by atoms with Crippen molar-refractivity contribution in [3.05, 3.63) is 35.4 Å². The summed E-state index contributed by atoms with van der Waals surface area (Å²) in [5, 5.41) is 6.79. The summed E-state index contributed by atoms with van der Waals surface area (Å²) in [6, 6.07) is 8.90. The Hall–Kier alpha value is -0.860. The molecule has 0 amide bonds. The minimum atomic E-state index is 0.847. The predicted molar refractivity (Wildman–Crippen MR) is 63.9 cm³/mol. The van der Waals surface area contributed by atoms with Gasteiger partial charge in [0, 0.05) is 26.2 Å². The first-order valence-corrected chi connectivity index (χ1v) is 5.87. The average molecular weight is 204 g/mol. The highest BCUT2D eigenvalue weighted by Crippen LogP contribution is 2.05. The normalized spacial score (nSPS) is 16.3. The van der Waals surface area contributed by atoms with E-state index in [2.05, 4.69) is 41.8 Å². The molecule has 0 aromatic heterocycles. The lowest BCUT2D eigenvalue weighted by atomic mass is 10.0. The maximum atomic E-state index is 3.50. The summed E-state index contributed by atoms with van der Waals surface area (Å²) in [5.41, 5.74) is 2.81. The Balaban J connectivity index is 1.72. The van der Waals surface area contributed by atoms with Gasteiger partial charge in [-0.25, -0.2) is 0 Å². The molecule has 82 valence electrons. The van der Waals surface area contributed by atoms with E-state index in [0.29, 0.717) is 0 Å². The van der Waals surface area contributed by atoms with Gasteiger partial charge in [0.2, 0.25) is 0 Å². The van der Waals surface area contributed by atoms with Crippen molar-refractivity contribution in [2.24, 2.45) is 5.92 Å². The van der Waals surface area contributed by atoms with Crippen LogP contribution in [-0.4, -0.2) is 19.6 Å². The van der Waals surface area contributed by atoms with Crippen LogP contribution in [0.2, 0.25) is 0 Å². The Morgan fingerprint density at radius 3 is 2.40 bits per heavy atom. The van der Waals surface area contributed by atoms with Crippen LogP contribution >= 0.6 is 0 Å². The van der Waals surface area contributed by atoms with E-state index in [-0.39, 0.29) is 0 Å². The number of hydrogen-bond acceptors (Lipinski definition) is 2. The molecule has 0 aliphatic carbocycles. The van der Waals surface area contributed by atoms with Crippen molar-refractivity contribution in [1.82, 2.24) is 10.6 Å². The maximum Gasteiger partial charge on any atom is 0.0205 e. The number of nitrogens with one attached hydrogen (secondary N) is 2. The molecule has 1 aliphatic heterocycles. The van der Waals surface area contributed by atoms with Crippen LogP contribution < -0.4 is 10.6 Å². The van der Waals surface area contributed by atoms with E-state index in [1.54, 1.807) is 0 Å². The summed E-state index contributed by atoms with van der Waals surface area (Å²) in [4.78, 5) is 0.